The Morgan fingerprint density at radius 1 is 1.45 bits per heavy atom. The third-order valence-corrected chi connectivity index (χ3v) is 5.22. The summed E-state index contributed by atoms with van der Waals surface area (Å²) in [5.74, 6) is 0.478. The Bertz CT molecular complexity index is 549. The molecule has 0 aliphatic heterocycles. The van der Waals surface area contributed by atoms with E-state index in [9.17, 15) is 8.42 Å². The molecule has 1 unspecified atom stereocenters. The van der Waals surface area contributed by atoms with Crippen LogP contribution in [0.2, 0.25) is 0 Å². The molecule has 1 aromatic heterocycles. The molecule has 3 N–H and O–H groups in total. The lowest BCUT2D eigenvalue weighted by molar-refractivity contribution is 0.533. The second-order valence-electron chi connectivity index (χ2n) is 5.56. The third-order valence-electron chi connectivity index (χ3n) is 3.69. The van der Waals surface area contributed by atoms with Crippen LogP contribution in [0.1, 0.15) is 44.4 Å². The predicted molar refractivity (Wildman–Crippen MR) is 77.8 cm³/mol. The Kier molecular flexibility index (Phi) is 4.82. The molecular weight excluding hydrogens is 276 g/mol. The minimum absolute atomic E-state index is 0.0199. The summed E-state index contributed by atoms with van der Waals surface area (Å²) in [6.07, 6.45) is 3.22. The normalized spacial score (nSPS) is 17.4. The second kappa shape index (κ2) is 6.24. The van der Waals surface area contributed by atoms with Crippen LogP contribution >= 0.6 is 0 Å². The number of hydrogen-bond acceptors (Lipinski definition) is 4. The van der Waals surface area contributed by atoms with Crippen molar-refractivity contribution in [3.8, 4) is 0 Å². The molecule has 0 aromatic carbocycles. The van der Waals surface area contributed by atoms with Crippen molar-refractivity contribution in [2.45, 2.75) is 57.6 Å². The third kappa shape index (κ3) is 3.59. The first-order valence-electron chi connectivity index (χ1n) is 7.22. The fourth-order valence-corrected chi connectivity index (χ4v) is 3.75. The van der Waals surface area contributed by atoms with Gasteiger partial charge >= 0.3 is 0 Å². The molecule has 0 amide bonds. The van der Waals surface area contributed by atoms with Gasteiger partial charge in [0.2, 0.25) is 0 Å². The van der Waals surface area contributed by atoms with Gasteiger partial charge < -0.3 is 5.32 Å². The molecule has 2 rings (SSSR count). The van der Waals surface area contributed by atoms with Crippen LogP contribution < -0.4 is 10.0 Å². The van der Waals surface area contributed by atoms with Crippen molar-refractivity contribution in [2.24, 2.45) is 5.92 Å². The van der Waals surface area contributed by atoms with Crippen molar-refractivity contribution in [3.63, 3.8) is 0 Å². The summed E-state index contributed by atoms with van der Waals surface area (Å²) in [4.78, 5) is 0. The fourth-order valence-electron chi connectivity index (χ4n) is 2.24. The second-order valence-corrected chi connectivity index (χ2v) is 7.19. The van der Waals surface area contributed by atoms with E-state index in [1.165, 1.54) is 0 Å². The van der Waals surface area contributed by atoms with Crippen molar-refractivity contribution in [3.05, 3.63) is 11.3 Å². The molecule has 1 aromatic rings. The van der Waals surface area contributed by atoms with E-state index >= 15 is 0 Å². The van der Waals surface area contributed by atoms with E-state index in [1.807, 2.05) is 13.8 Å². The predicted octanol–water partition coefficient (Wildman–Crippen LogP) is 1.29. The van der Waals surface area contributed by atoms with Gasteiger partial charge in [0.1, 0.15) is 0 Å². The van der Waals surface area contributed by atoms with E-state index in [4.69, 9.17) is 0 Å². The van der Waals surface area contributed by atoms with E-state index in [0.717, 1.165) is 37.1 Å². The highest BCUT2D eigenvalue weighted by molar-refractivity contribution is 7.89. The highest BCUT2D eigenvalue weighted by Gasteiger charge is 2.33. The lowest BCUT2D eigenvalue weighted by Crippen LogP contribution is -2.35. The summed E-state index contributed by atoms with van der Waals surface area (Å²) in [6, 6.07) is -0.0199. The van der Waals surface area contributed by atoms with Gasteiger partial charge in [-0.15, -0.1) is 0 Å². The maximum absolute atomic E-state index is 12.4. The van der Waals surface area contributed by atoms with Crippen LogP contribution in [-0.2, 0) is 16.6 Å². The Morgan fingerprint density at radius 2 is 2.15 bits per heavy atom. The van der Waals surface area contributed by atoms with E-state index < -0.39 is 10.0 Å². The van der Waals surface area contributed by atoms with Gasteiger partial charge in [-0.2, -0.15) is 5.10 Å². The van der Waals surface area contributed by atoms with E-state index in [2.05, 4.69) is 27.2 Å². The number of H-pyrrole nitrogens is 1. The van der Waals surface area contributed by atoms with E-state index in [-0.39, 0.29) is 11.1 Å². The van der Waals surface area contributed by atoms with Gasteiger partial charge in [-0.25, -0.2) is 13.1 Å². The first kappa shape index (κ1) is 15.5. The summed E-state index contributed by atoms with van der Waals surface area (Å²) in [6.45, 7) is 7.22. The number of rotatable bonds is 8. The molecule has 6 nitrogen and oxygen atoms in total. The molecule has 0 spiro atoms. The molecule has 1 saturated carbocycles. The zero-order chi connectivity index (χ0) is 14.8. The minimum Gasteiger partial charge on any atom is -0.313 e. The molecule has 1 aliphatic rings. The van der Waals surface area contributed by atoms with Gasteiger partial charge in [0.15, 0.2) is 5.03 Å². The van der Waals surface area contributed by atoms with Gasteiger partial charge in [-0.05, 0) is 45.6 Å². The van der Waals surface area contributed by atoms with E-state index in [1.54, 1.807) is 0 Å². The van der Waals surface area contributed by atoms with Crippen LogP contribution in [-0.4, -0.2) is 31.2 Å². The number of aryl methyl sites for hydroxylation is 1. The SMILES string of the molecule is CCCNCc1c(S(=O)(=O)NC(C)C2CC2)n[nH]c1C. The van der Waals surface area contributed by atoms with Gasteiger partial charge in [-0.3, -0.25) is 5.10 Å². The molecule has 7 heteroatoms. The zero-order valence-electron chi connectivity index (χ0n) is 12.4. The molecule has 0 saturated heterocycles. The van der Waals surface area contributed by atoms with Crippen LogP contribution in [0.25, 0.3) is 0 Å². The monoisotopic (exact) mass is 300 g/mol. The quantitative estimate of drug-likeness (QED) is 0.631. The first-order chi connectivity index (χ1) is 9.45. The maximum atomic E-state index is 12.4. The van der Waals surface area contributed by atoms with Crippen LogP contribution in [0.3, 0.4) is 0 Å². The summed E-state index contributed by atoms with van der Waals surface area (Å²) in [5, 5.41) is 10.1. The smallest absolute Gasteiger partial charge is 0.260 e. The zero-order valence-corrected chi connectivity index (χ0v) is 13.2. The molecule has 1 heterocycles. The number of aromatic nitrogens is 2. The Labute approximate surface area is 120 Å². The van der Waals surface area contributed by atoms with Crippen molar-refractivity contribution >= 4 is 10.0 Å². The fraction of sp³-hybridized carbons (Fsp3) is 0.769. The van der Waals surface area contributed by atoms with Crippen LogP contribution in [0.4, 0.5) is 0 Å². The Hall–Kier alpha value is -0.920. The van der Waals surface area contributed by atoms with Crippen molar-refractivity contribution in [1.29, 1.82) is 0 Å². The largest absolute Gasteiger partial charge is 0.313 e. The summed E-state index contributed by atoms with van der Waals surface area (Å²) in [7, 11) is -3.54. The minimum atomic E-state index is -3.54. The van der Waals surface area contributed by atoms with Gasteiger partial charge in [0, 0.05) is 23.8 Å². The lowest BCUT2D eigenvalue weighted by atomic mass is 10.2. The molecule has 0 radical (unpaired) electrons. The summed E-state index contributed by atoms with van der Waals surface area (Å²) >= 11 is 0. The summed E-state index contributed by atoms with van der Waals surface area (Å²) < 4.78 is 27.6. The lowest BCUT2D eigenvalue weighted by Gasteiger charge is -2.13. The highest BCUT2D eigenvalue weighted by Crippen LogP contribution is 2.33. The van der Waals surface area contributed by atoms with Crippen molar-refractivity contribution < 1.29 is 8.42 Å². The average molecular weight is 300 g/mol. The Balaban J connectivity index is 2.13. The molecule has 0 bridgehead atoms. The number of aromatic amines is 1. The maximum Gasteiger partial charge on any atom is 0.260 e. The van der Waals surface area contributed by atoms with Crippen LogP contribution in [0.15, 0.2) is 5.03 Å². The summed E-state index contributed by atoms with van der Waals surface area (Å²) in [5.41, 5.74) is 1.53. The molecule has 1 aliphatic carbocycles. The molecule has 20 heavy (non-hydrogen) atoms. The van der Waals surface area contributed by atoms with Crippen molar-refractivity contribution in [2.75, 3.05) is 6.54 Å². The number of hydrogen-bond donors (Lipinski definition) is 3. The number of sulfonamides is 1. The number of nitrogens with zero attached hydrogens (tertiary/aromatic N) is 1. The highest BCUT2D eigenvalue weighted by atomic mass is 32.2. The average Bonchev–Trinajstić information content (AvgIpc) is 3.15. The number of nitrogens with one attached hydrogen (secondary N) is 3. The standard InChI is InChI=1S/C13H24N4O2S/c1-4-7-14-8-12-10(3)15-16-13(12)20(18,19)17-9(2)11-5-6-11/h9,11,14,17H,4-8H2,1-3H3,(H,15,16). The van der Waals surface area contributed by atoms with Crippen LogP contribution in [0.5, 0.6) is 0 Å². The molecule has 114 valence electrons. The van der Waals surface area contributed by atoms with Crippen LogP contribution in [0, 0.1) is 12.8 Å². The van der Waals surface area contributed by atoms with Gasteiger partial charge in [-0.1, -0.05) is 6.92 Å². The van der Waals surface area contributed by atoms with E-state index in [0.29, 0.717) is 12.5 Å². The Morgan fingerprint density at radius 3 is 2.75 bits per heavy atom. The van der Waals surface area contributed by atoms with Crippen molar-refractivity contribution in [1.82, 2.24) is 20.2 Å². The van der Waals surface area contributed by atoms with Gasteiger partial charge in [0.25, 0.3) is 10.0 Å². The first-order valence-corrected chi connectivity index (χ1v) is 8.71. The molecule has 1 atom stereocenters. The molecule has 1 fully saturated rings. The molecular formula is C13H24N4O2S. The van der Waals surface area contributed by atoms with Gasteiger partial charge in [0.05, 0.1) is 0 Å². The topological polar surface area (TPSA) is 86.9 Å².